The minimum Gasteiger partial charge on any atom is -0.547 e. The number of unbranched alkanes of at least 4 members (excludes halogenated alkanes) is 1. The highest BCUT2D eigenvalue weighted by Crippen LogP contribution is 2.22. The van der Waals surface area contributed by atoms with Crippen LogP contribution in [-0.2, 0) is 4.79 Å². The van der Waals surface area contributed by atoms with Gasteiger partial charge < -0.3 is 15.0 Å². The van der Waals surface area contributed by atoms with Gasteiger partial charge in [-0.2, -0.15) is 0 Å². The van der Waals surface area contributed by atoms with Crippen molar-refractivity contribution in [2.75, 3.05) is 0 Å². The summed E-state index contributed by atoms with van der Waals surface area (Å²) < 4.78 is 0. The van der Waals surface area contributed by atoms with E-state index in [1.54, 1.807) is 13.8 Å². The SMILES string of the molecule is CCCCC(O)(C(=O)[O-])C(C)C. The fraction of sp³-hybridized carbons (Fsp3) is 0.889. The van der Waals surface area contributed by atoms with E-state index in [2.05, 4.69) is 0 Å². The number of aliphatic hydroxyl groups is 1. The number of carboxylic acids is 1. The summed E-state index contributed by atoms with van der Waals surface area (Å²) >= 11 is 0. The Kier molecular flexibility index (Phi) is 4.24. The first-order valence-corrected chi connectivity index (χ1v) is 4.39. The van der Waals surface area contributed by atoms with Gasteiger partial charge in [-0.1, -0.05) is 33.6 Å². The summed E-state index contributed by atoms with van der Waals surface area (Å²) in [5, 5.41) is 20.2. The van der Waals surface area contributed by atoms with Gasteiger partial charge in [-0.3, -0.25) is 0 Å². The van der Waals surface area contributed by atoms with Crippen molar-refractivity contribution in [2.45, 2.75) is 45.6 Å². The van der Waals surface area contributed by atoms with Gasteiger partial charge in [-0.05, 0) is 12.3 Å². The molecule has 0 amide bonds. The molecule has 1 N–H and O–H groups in total. The van der Waals surface area contributed by atoms with Gasteiger partial charge in [0.2, 0.25) is 0 Å². The van der Waals surface area contributed by atoms with Gasteiger partial charge >= 0.3 is 0 Å². The van der Waals surface area contributed by atoms with Crippen LogP contribution in [0.5, 0.6) is 0 Å². The van der Waals surface area contributed by atoms with Crippen molar-refractivity contribution in [3.05, 3.63) is 0 Å². The molecule has 0 aliphatic carbocycles. The molecular weight excluding hydrogens is 156 g/mol. The molecule has 3 heteroatoms. The third-order valence-electron chi connectivity index (χ3n) is 2.22. The molecule has 0 aromatic rings. The number of carbonyl (C=O) groups excluding carboxylic acids is 1. The van der Waals surface area contributed by atoms with Crippen molar-refractivity contribution in [3.63, 3.8) is 0 Å². The van der Waals surface area contributed by atoms with Gasteiger partial charge in [0.1, 0.15) is 5.60 Å². The number of carboxylic acid groups (broad SMARTS) is 1. The Morgan fingerprint density at radius 2 is 2.08 bits per heavy atom. The molecule has 0 spiro atoms. The summed E-state index contributed by atoms with van der Waals surface area (Å²) in [6.07, 6.45) is 1.87. The second-order valence-electron chi connectivity index (χ2n) is 3.47. The highest BCUT2D eigenvalue weighted by molar-refractivity contribution is 5.75. The van der Waals surface area contributed by atoms with Crippen LogP contribution in [0.25, 0.3) is 0 Å². The van der Waals surface area contributed by atoms with E-state index in [-0.39, 0.29) is 12.3 Å². The van der Waals surface area contributed by atoms with Gasteiger partial charge in [-0.25, -0.2) is 0 Å². The van der Waals surface area contributed by atoms with Crippen LogP contribution in [0.1, 0.15) is 40.0 Å². The van der Waals surface area contributed by atoms with E-state index in [1.807, 2.05) is 6.92 Å². The van der Waals surface area contributed by atoms with Crippen LogP contribution < -0.4 is 5.11 Å². The molecule has 12 heavy (non-hydrogen) atoms. The second-order valence-corrected chi connectivity index (χ2v) is 3.47. The number of rotatable bonds is 5. The minimum atomic E-state index is -1.64. The third kappa shape index (κ3) is 2.48. The molecule has 0 aliphatic rings. The Balaban J connectivity index is 4.29. The summed E-state index contributed by atoms with van der Waals surface area (Å²) in [6, 6.07) is 0. The van der Waals surface area contributed by atoms with Gasteiger partial charge in [0, 0.05) is 0 Å². The average molecular weight is 173 g/mol. The summed E-state index contributed by atoms with van der Waals surface area (Å²) in [5.41, 5.74) is -1.64. The number of hydrogen-bond donors (Lipinski definition) is 1. The fourth-order valence-electron chi connectivity index (χ4n) is 1.07. The monoisotopic (exact) mass is 173 g/mol. The van der Waals surface area contributed by atoms with E-state index in [0.717, 1.165) is 6.42 Å². The van der Waals surface area contributed by atoms with Crippen LogP contribution in [0.2, 0.25) is 0 Å². The van der Waals surface area contributed by atoms with Crippen LogP contribution >= 0.6 is 0 Å². The van der Waals surface area contributed by atoms with Crippen molar-refractivity contribution in [2.24, 2.45) is 5.92 Å². The van der Waals surface area contributed by atoms with Crippen LogP contribution in [0.15, 0.2) is 0 Å². The van der Waals surface area contributed by atoms with Crippen LogP contribution in [0.3, 0.4) is 0 Å². The standard InChI is InChI=1S/C9H18O3/c1-4-5-6-9(12,7(2)3)8(10)11/h7,12H,4-6H2,1-3H3,(H,10,11)/p-1. The van der Waals surface area contributed by atoms with Crippen LogP contribution in [0, 0.1) is 5.92 Å². The van der Waals surface area contributed by atoms with Gasteiger partial charge in [-0.15, -0.1) is 0 Å². The summed E-state index contributed by atoms with van der Waals surface area (Å²) in [4.78, 5) is 10.6. The molecule has 0 aromatic carbocycles. The quantitative estimate of drug-likeness (QED) is 0.651. The molecule has 1 unspecified atom stereocenters. The molecule has 1 atom stereocenters. The van der Waals surface area contributed by atoms with Crippen LogP contribution in [0.4, 0.5) is 0 Å². The Morgan fingerprint density at radius 3 is 2.33 bits per heavy atom. The summed E-state index contributed by atoms with van der Waals surface area (Å²) in [6.45, 7) is 5.33. The normalized spacial score (nSPS) is 16.1. The first kappa shape index (κ1) is 11.4. The highest BCUT2D eigenvalue weighted by atomic mass is 16.4. The molecule has 0 rings (SSSR count). The van der Waals surface area contributed by atoms with E-state index in [1.165, 1.54) is 0 Å². The molecule has 0 heterocycles. The topological polar surface area (TPSA) is 60.4 Å². The number of aliphatic carboxylic acids is 1. The Morgan fingerprint density at radius 1 is 1.58 bits per heavy atom. The molecule has 0 fully saturated rings. The molecule has 72 valence electrons. The van der Waals surface area contributed by atoms with E-state index < -0.39 is 11.6 Å². The lowest BCUT2D eigenvalue weighted by atomic mass is 9.86. The first-order valence-electron chi connectivity index (χ1n) is 4.39. The fourth-order valence-corrected chi connectivity index (χ4v) is 1.07. The molecule has 0 bridgehead atoms. The van der Waals surface area contributed by atoms with Crippen molar-refractivity contribution in [1.29, 1.82) is 0 Å². The molecular formula is C9H17O3-. The van der Waals surface area contributed by atoms with Gasteiger partial charge in [0.05, 0.1) is 5.97 Å². The molecule has 0 aliphatic heterocycles. The largest absolute Gasteiger partial charge is 0.547 e. The van der Waals surface area contributed by atoms with E-state index in [9.17, 15) is 15.0 Å². The maximum absolute atomic E-state index is 10.6. The molecule has 3 nitrogen and oxygen atoms in total. The predicted octanol–water partition coefficient (Wildman–Crippen LogP) is 0.314. The maximum atomic E-state index is 10.6. The number of carbonyl (C=O) groups is 1. The number of hydrogen-bond acceptors (Lipinski definition) is 3. The van der Waals surface area contributed by atoms with Crippen molar-refractivity contribution < 1.29 is 15.0 Å². The van der Waals surface area contributed by atoms with Crippen molar-refractivity contribution >= 4 is 5.97 Å². The lowest BCUT2D eigenvalue weighted by molar-refractivity contribution is -0.328. The summed E-state index contributed by atoms with van der Waals surface area (Å²) in [5.74, 6) is -1.65. The predicted molar refractivity (Wildman–Crippen MR) is 44.3 cm³/mol. The van der Waals surface area contributed by atoms with Gasteiger partial charge in [0.15, 0.2) is 0 Å². The molecule has 0 aromatic heterocycles. The molecule has 0 radical (unpaired) electrons. The Hall–Kier alpha value is -0.570. The molecule has 0 saturated carbocycles. The lowest BCUT2D eigenvalue weighted by Gasteiger charge is -2.33. The maximum Gasteiger partial charge on any atom is 0.106 e. The van der Waals surface area contributed by atoms with Crippen molar-refractivity contribution in [1.82, 2.24) is 0 Å². The third-order valence-corrected chi connectivity index (χ3v) is 2.22. The van der Waals surface area contributed by atoms with E-state index in [0.29, 0.717) is 6.42 Å². The zero-order chi connectivity index (χ0) is 9.78. The Labute approximate surface area is 73.4 Å². The Bertz CT molecular complexity index is 154. The minimum absolute atomic E-state index is 0.281. The smallest absolute Gasteiger partial charge is 0.106 e. The zero-order valence-corrected chi connectivity index (χ0v) is 7.96. The molecule has 0 saturated heterocycles. The first-order chi connectivity index (χ1) is 5.45. The highest BCUT2D eigenvalue weighted by Gasteiger charge is 2.31. The lowest BCUT2D eigenvalue weighted by Crippen LogP contribution is -2.52. The van der Waals surface area contributed by atoms with Crippen LogP contribution in [-0.4, -0.2) is 16.7 Å². The second kappa shape index (κ2) is 4.45. The van der Waals surface area contributed by atoms with E-state index >= 15 is 0 Å². The summed E-state index contributed by atoms with van der Waals surface area (Å²) in [7, 11) is 0. The van der Waals surface area contributed by atoms with Crippen molar-refractivity contribution in [3.8, 4) is 0 Å². The average Bonchev–Trinajstić information content (AvgIpc) is 1.99. The van der Waals surface area contributed by atoms with E-state index in [4.69, 9.17) is 0 Å². The van der Waals surface area contributed by atoms with Gasteiger partial charge in [0.25, 0.3) is 0 Å². The zero-order valence-electron chi connectivity index (χ0n) is 7.96.